The minimum absolute atomic E-state index is 0.00831. The molecule has 5 atom stereocenters. The Morgan fingerprint density at radius 1 is 1.21 bits per heavy atom. The zero-order valence-corrected chi connectivity index (χ0v) is 20.0. The molecule has 3 heterocycles. The zero-order chi connectivity index (χ0) is 27.8. The van der Waals surface area contributed by atoms with Crippen LogP contribution in [0.5, 0.6) is 0 Å². The SMILES string of the molecule is C[C@]1(F)[C@H](n2cnc3c(N)nc(Cl)nc32)O[C@@H]2C(OC(Cc3ccc(C(=O)O)cc3)(C(=O)O)C(=O)O)[C@@]21O. The van der Waals surface area contributed by atoms with Crippen molar-refractivity contribution in [1.82, 2.24) is 19.5 Å². The van der Waals surface area contributed by atoms with Crippen molar-refractivity contribution in [2.45, 2.75) is 48.7 Å². The van der Waals surface area contributed by atoms with Gasteiger partial charge in [0, 0.05) is 6.42 Å². The highest BCUT2D eigenvalue weighted by Gasteiger charge is 2.85. The molecule has 6 N–H and O–H groups in total. The lowest BCUT2D eigenvalue weighted by Crippen LogP contribution is -2.54. The number of hydrogen-bond acceptors (Lipinski definition) is 10. The number of benzene rings is 1. The second kappa shape index (κ2) is 8.29. The molecular formula is C22H19ClFN5O9. The smallest absolute Gasteiger partial charge is 0.348 e. The highest BCUT2D eigenvalue weighted by molar-refractivity contribution is 6.28. The van der Waals surface area contributed by atoms with Crippen molar-refractivity contribution >= 4 is 46.5 Å². The average Bonchev–Trinajstić information content (AvgIpc) is 3.09. The lowest BCUT2D eigenvalue weighted by molar-refractivity contribution is -0.199. The van der Waals surface area contributed by atoms with E-state index in [0.717, 1.165) is 30.0 Å². The Hall–Kier alpha value is -3.92. The second-order valence-corrected chi connectivity index (χ2v) is 9.50. The molecule has 1 unspecified atom stereocenters. The molecule has 2 fully saturated rings. The van der Waals surface area contributed by atoms with Crippen LogP contribution in [-0.4, -0.2) is 86.9 Å². The number of aliphatic hydroxyl groups is 1. The number of nitrogens with zero attached hydrogens (tertiary/aromatic N) is 4. The molecule has 200 valence electrons. The van der Waals surface area contributed by atoms with Gasteiger partial charge in [-0.15, -0.1) is 0 Å². The number of halogens is 2. The first-order valence-corrected chi connectivity index (χ1v) is 11.3. The minimum atomic E-state index is -2.96. The first-order valence-electron chi connectivity index (χ1n) is 10.9. The van der Waals surface area contributed by atoms with Crippen molar-refractivity contribution in [3.8, 4) is 0 Å². The molecule has 0 amide bonds. The van der Waals surface area contributed by atoms with Crippen molar-refractivity contribution in [1.29, 1.82) is 0 Å². The average molecular weight is 552 g/mol. The van der Waals surface area contributed by atoms with E-state index in [4.69, 9.17) is 31.9 Å². The number of ether oxygens (including phenoxy) is 2. The zero-order valence-electron chi connectivity index (χ0n) is 19.3. The Labute approximate surface area is 216 Å². The number of nitrogen functional groups attached to an aromatic ring is 1. The number of rotatable bonds is 8. The molecule has 2 aliphatic rings. The maximum Gasteiger partial charge on any atom is 0.348 e. The van der Waals surface area contributed by atoms with Crippen LogP contribution in [0.25, 0.3) is 11.2 Å². The van der Waals surface area contributed by atoms with Crippen LogP contribution < -0.4 is 5.73 Å². The number of fused-ring (bicyclic) bond motifs is 2. The van der Waals surface area contributed by atoms with Gasteiger partial charge in [-0.3, -0.25) is 4.57 Å². The number of carbonyl (C=O) groups is 3. The highest BCUT2D eigenvalue weighted by atomic mass is 35.5. The van der Waals surface area contributed by atoms with Gasteiger partial charge in [-0.2, -0.15) is 9.97 Å². The number of aliphatic carboxylic acids is 2. The number of imidazole rings is 1. The molecule has 0 spiro atoms. The topological polar surface area (TPSA) is 220 Å². The summed E-state index contributed by atoms with van der Waals surface area (Å²) in [5, 5.41) is 39.7. The number of carboxylic acid groups (broad SMARTS) is 3. The van der Waals surface area contributed by atoms with Crippen molar-refractivity contribution in [3.05, 3.63) is 47.0 Å². The Bertz CT molecular complexity index is 1480. The summed E-state index contributed by atoms with van der Waals surface area (Å²) in [4.78, 5) is 47.2. The lowest BCUT2D eigenvalue weighted by Gasteiger charge is -2.33. The Kier molecular flexibility index (Phi) is 5.61. The van der Waals surface area contributed by atoms with Gasteiger partial charge in [-0.25, -0.2) is 23.8 Å². The quantitative estimate of drug-likeness (QED) is 0.192. The highest BCUT2D eigenvalue weighted by Crippen LogP contribution is 2.63. The predicted octanol–water partition coefficient (Wildman–Crippen LogP) is 0.666. The second-order valence-electron chi connectivity index (χ2n) is 9.17. The molecule has 16 heteroatoms. The van der Waals surface area contributed by atoms with E-state index in [1.54, 1.807) is 0 Å². The largest absolute Gasteiger partial charge is 0.479 e. The van der Waals surface area contributed by atoms with Gasteiger partial charge in [0.25, 0.3) is 5.60 Å². The van der Waals surface area contributed by atoms with Crippen LogP contribution in [0, 0.1) is 0 Å². The van der Waals surface area contributed by atoms with Crippen LogP contribution in [0.3, 0.4) is 0 Å². The lowest BCUT2D eigenvalue weighted by atomic mass is 9.93. The third-order valence-electron chi connectivity index (χ3n) is 6.90. The molecule has 2 aromatic heterocycles. The summed E-state index contributed by atoms with van der Waals surface area (Å²) in [7, 11) is 0. The van der Waals surface area contributed by atoms with Crippen LogP contribution >= 0.6 is 11.6 Å². The molecule has 5 rings (SSSR count). The number of anilines is 1. The first-order chi connectivity index (χ1) is 17.7. The number of alkyl halides is 1. The fraction of sp³-hybridized carbons (Fsp3) is 0.364. The fourth-order valence-corrected chi connectivity index (χ4v) is 4.90. The van der Waals surface area contributed by atoms with Gasteiger partial charge in [-0.05, 0) is 36.2 Å². The number of nitrogens with two attached hydrogens (primary N) is 1. The normalized spacial score (nSPS) is 28.3. The number of aromatic carboxylic acids is 1. The third-order valence-corrected chi connectivity index (χ3v) is 7.07. The van der Waals surface area contributed by atoms with E-state index >= 15 is 4.39 Å². The standard InChI is InChI=1S/C22H19ClFN5O9/c1-20(24)16(29-7-26-10-13(25)27-19(23)28-14(10)29)37-11-12(22(11,20)36)38-21(17(32)33,18(34)35)6-8-2-4-9(5-3-8)15(30)31/h2-5,7,11-12,16,36H,6H2,1H3,(H,30,31)(H,32,33)(H,34,35)(H2,25,27,28)/t11-,12?,16-,20+,22+/m1/s1. The monoisotopic (exact) mass is 551 g/mol. The summed E-state index contributed by atoms with van der Waals surface area (Å²) >= 11 is 5.85. The van der Waals surface area contributed by atoms with Crippen LogP contribution in [0.2, 0.25) is 5.28 Å². The summed E-state index contributed by atoms with van der Waals surface area (Å²) in [5.41, 5.74) is -2.18. The predicted molar refractivity (Wildman–Crippen MR) is 123 cm³/mol. The molecule has 3 aromatic rings. The molecule has 1 aromatic carbocycles. The van der Waals surface area contributed by atoms with Gasteiger partial charge < -0.3 is 35.6 Å². The molecule has 1 aliphatic carbocycles. The summed E-state index contributed by atoms with van der Waals surface area (Å²) in [6.07, 6.45) is -4.29. The van der Waals surface area contributed by atoms with Gasteiger partial charge in [0.05, 0.1) is 11.9 Å². The maximum absolute atomic E-state index is 16.2. The van der Waals surface area contributed by atoms with E-state index < -0.39 is 59.6 Å². The van der Waals surface area contributed by atoms with Gasteiger partial charge in [-0.1, -0.05) is 12.1 Å². The molecule has 0 bridgehead atoms. The Morgan fingerprint density at radius 2 is 1.84 bits per heavy atom. The van der Waals surface area contributed by atoms with Crippen molar-refractivity contribution in [3.63, 3.8) is 0 Å². The summed E-state index contributed by atoms with van der Waals surface area (Å²) in [5.74, 6) is -5.15. The van der Waals surface area contributed by atoms with E-state index in [1.165, 1.54) is 12.1 Å². The van der Waals surface area contributed by atoms with Crippen molar-refractivity contribution in [2.24, 2.45) is 0 Å². The minimum Gasteiger partial charge on any atom is -0.479 e. The van der Waals surface area contributed by atoms with E-state index in [2.05, 4.69) is 15.0 Å². The fourth-order valence-electron chi connectivity index (χ4n) is 4.73. The summed E-state index contributed by atoms with van der Waals surface area (Å²) < 4.78 is 28.4. The molecule has 14 nitrogen and oxygen atoms in total. The molecule has 0 radical (unpaired) electrons. The van der Waals surface area contributed by atoms with Crippen molar-refractivity contribution < 1.29 is 48.7 Å². The molecule has 1 aliphatic heterocycles. The Morgan fingerprint density at radius 3 is 2.37 bits per heavy atom. The maximum atomic E-state index is 16.2. The first kappa shape index (κ1) is 25.7. The van der Waals surface area contributed by atoms with Crippen LogP contribution in [0.1, 0.15) is 29.1 Å². The summed E-state index contributed by atoms with van der Waals surface area (Å²) in [6, 6.07) is 4.78. The molecule has 1 saturated carbocycles. The van der Waals surface area contributed by atoms with Crippen LogP contribution in [-0.2, 0) is 25.5 Å². The van der Waals surface area contributed by atoms with E-state index in [9.17, 15) is 29.7 Å². The van der Waals surface area contributed by atoms with E-state index in [1.807, 2.05) is 0 Å². The molecule has 1 saturated heterocycles. The Balaban J connectivity index is 1.44. The third kappa shape index (κ3) is 3.50. The number of hydrogen-bond donors (Lipinski definition) is 5. The van der Waals surface area contributed by atoms with E-state index in [-0.39, 0.29) is 33.4 Å². The van der Waals surface area contributed by atoms with Crippen molar-refractivity contribution in [2.75, 3.05) is 5.73 Å². The van der Waals surface area contributed by atoms with Gasteiger partial charge in [0.1, 0.15) is 17.7 Å². The van der Waals surface area contributed by atoms with E-state index in [0.29, 0.717) is 0 Å². The number of aromatic nitrogens is 4. The van der Waals surface area contributed by atoms with Crippen LogP contribution in [0.4, 0.5) is 10.2 Å². The molecule has 38 heavy (non-hydrogen) atoms. The van der Waals surface area contributed by atoms with Crippen LogP contribution in [0.15, 0.2) is 30.6 Å². The molecular weight excluding hydrogens is 533 g/mol. The van der Waals surface area contributed by atoms with Gasteiger partial charge in [0.15, 0.2) is 29.0 Å². The number of carboxylic acids is 3. The summed E-state index contributed by atoms with van der Waals surface area (Å²) in [6.45, 7) is 0.979. The van der Waals surface area contributed by atoms with Gasteiger partial charge in [0.2, 0.25) is 5.28 Å². The van der Waals surface area contributed by atoms with Gasteiger partial charge >= 0.3 is 17.9 Å².